The molecule has 19 heavy (non-hydrogen) atoms. The molecular weight excluding hydrogens is 234 g/mol. The maximum absolute atomic E-state index is 6.29. The first-order valence-corrected chi connectivity index (χ1v) is 8.39. The lowest BCUT2D eigenvalue weighted by Gasteiger charge is -2.44. The summed E-state index contributed by atoms with van der Waals surface area (Å²) in [5.74, 6) is 0. The Kier molecular flexibility index (Phi) is 3.89. The molecule has 0 radical (unpaired) electrons. The molecule has 3 aliphatic rings. The van der Waals surface area contributed by atoms with Crippen molar-refractivity contribution in [3.05, 3.63) is 0 Å². The van der Waals surface area contributed by atoms with Crippen molar-refractivity contribution in [3.63, 3.8) is 0 Å². The number of hydrogen-bond acceptors (Lipinski definition) is 3. The number of rotatable bonds is 3. The van der Waals surface area contributed by atoms with Gasteiger partial charge in [0.15, 0.2) is 0 Å². The molecule has 3 atom stereocenters. The fourth-order valence-corrected chi connectivity index (χ4v) is 4.58. The highest BCUT2D eigenvalue weighted by Gasteiger charge is 2.50. The largest absolute Gasteiger partial charge is 0.329 e. The van der Waals surface area contributed by atoms with Crippen molar-refractivity contribution in [3.8, 4) is 0 Å². The summed E-state index contributed by atoms with van der Waals surface area (Å²) in [6.45, 7) is 8.17. The van der Waals surface area contributed by atoms with Crippen molar-refractivity contribution >= 4 is 0 Å². The molecule has 2 saturated heterocycles. The Hall–Kier alpha value is -0.120. The molecule has 1 aliphatic carbocycles. The van der Waals surface area contributed by atoms with E-state index in [0.717, 1.165) is 24.7 Å². The van der Waals surface area contributed by atoms with Crippen LogP contribution < -0.4 is 5.73 Å². The molecule has 2 N–H and O–H groups in total. The van der Waals surface area contributed by atoms with E-state index >= 15 is 0 Å². The summed E-state index contributed by atoms with van der Waals surface area (Å²) in [5.41, 5.74) is 6.56. The SMILES string of the molecule is CC1CC(CN)(N2CCCCCC2C)CN1C1CC1. The first kappa shape index (κ1) is 13.8. The number of hydrogen-bond donors (Lipinski definition) is 1. The smallest absolute Gasteiger partial charge is 0.0476 e. The number of nitrogens with zero attached hydrogens (tertiary/aromatic N) is 2. The minimum Gasteiger partial charge on any atom is -0.329 e. The summed E-state index contributed by atoms with van der Waals surface area (Å²) in [5, 5.41) is 0. The molecule has 1 saturated carbocycles. The molecule has 0 bridgehead atoms. The van der Waals surface area contributed by atoms with Gasteiger partial charge in [-0.25, -0.2) is 0 Å². The zero-order valence-corrected chi connectivity index (χ0v) is 12.8. The van der Waals surface area contributed by atoms with Crippen LogP contribution in [0.3, 0.4) is 0 Å². The summed E-state index contributed by atoms with van der Waals surface area (Å²) in [6.07, 6.45) is 9.65. The van der Waals surface area contributed by atoms with Crippen molar-refractivity contribution < 1.29 is 0 Å². The molecule has 0 aromatic rings. The Balaban J connectivity index is 1.78. The lowest BCUT2D eigenvalue weighted by atomic mass is 9.92. The van der Waals surface area contributed by atoms with Crippen LogP contribution in [-0.2, 0) is 0 Å². The van der Waals surface area contributed by atoms with Gasteiger partial charge in [-0.2, -0.15) is 0 Å². The van der Waals surface area contributed by atoms with Gasteiger partial charge in [-0.15, -0.1) is 0 Å². The zero-order chi connectivity index (χ0) is 13.5. The van der Waals surface area contributed by atoms with Crippen LogP contribution in [0, 0.1) is 0 Å². The minimum atomic E-state index is 0.270. The topological polar surface area (TPSA) is 32.5 Å². The van der Waals surface area contributed by atoms with Crippen LogP contribution in [0.4, 0.5) is 0 Å². The van der Waals surface area contributed by atoms with Crippen molar-refractivity contribution in [1.29, 1.82) is 0 Å². The summed E-state index contributed by atoms with van der Waals surface area (Å²) in [4.78, 5) is 5.54. The molecule has 2 aliphatic heterocycles. The lowest BCUT2D eigenvalue weighted by molar-refractivity contribution is 0.0617. The summed E-state index contributed by atoms with van der Waals surface area (Å²) >= 11 is 0. The third-order valence-electron chi connectivity index (χ3n) is 5.78. The molecule has 3 nitrogen and oxygen atoms in total. The molecule has 0 aromatic heterocycles. The van der Waals surface area contributed by atoms with E-state index in [4.69, 9.17) is 5.73 Å². The summed E-state index contributed by atoms with van der Waals surface area (Å²) in [7, 11) is 0. The van der Waals surface area contributed by atoms with Crippen molar-refractivity contribution in [1.82, 2.24) is 9.80 Å². The number of nitrogens with two attached hydrogens (primary N) is 1. The first-order chi connectivity index (χ1) is 9.16. The standard InChI is InChI=1S/C16H31N3/c1-13-6-4-3-5-9-19(13)16(11-17)10-14(2)18(12-16)15-7-8-15/h13-15H,3-12,17H2,1-2H3. The minimum absolute atomic E-state index is 0.270. The molecular formula is C16H31N3. The molecule has 0 aromatic carbocycles. The molecule has 3 heteroatoms. The van der Waals surface area contributed by atoms with E-state index in [1.54, 1.807) is 0 Å². The normalized spacial score (nSPS) is 42.5. The average Bonchev–Trinajstić information content (AvgIpc) is 3.19. The van der Waals surface area contributed by atoms with Gasteiger partial charge in [-0.05, 0) is 52.5 Å². The Morgan fingerprint density at radius 3 is 2.53 bits per heavy atom. The van der Waals surface area contributed by atoms with E-state index in [1.165, 1.54) is 58.0 Å². The van der Waals surface area contributed by atoms with E-state index in [9.17, 15) is 0 Å². The molecule has 3 fully saturated rings. The van der Waals surface area contributed by atoms with E-state index < -0.39 is 0 Å². The van der Waals surface area contributed by atoms with Crippen LogP contribution in [-0.4, -0.2) is 53.1 Å². The Labute approximate surface area is 118 Å². The second-order valence-corrected chi connectivity index (χ2v) is 7.28. The van der Waals surface area contributed by atoms with E-state index in [0.29, 0.717) is 0 Å². The van der Waals surface area contributed by atoms with Gasteiger partial charge in [0.2, 0.25) is 0 Å². The second kappa shape index (κ2) is 5.34. The zero-order valence-electron chi connectivity index (χ0n) is 12.8. The van der Waals surface area contributed by atoms with Crippen LogP contribution in [0.5, 0.6) is 0 Å². The van der Waals surface area contributed by atoms with Gasteiger partial charge in [-0.3, -0.25) is 9.80 Å². The molecule has 3 rings (SSSR count). The molecule has 2 heterocycles. The molecule has 110 valence electrons. The first-order valence-electron chi connectivity index (χ1n) is 8.39. The Morgan fingerprint density at radius 2 is 1.84 bits per heavy atom. The quantitative estimate of drug-likeness (QED) is 0.849. The van der Waals surface area contributed by atoms with Crippen LogP contribution in [0.25, 0.3) is 0 Å². The van der Waals surface area contributed by atoms with Crippen LogP contribution >= 0.6 is 0 Å². The van der Waals surface area contributed by atoms with Crippen LogP contribution in [0.15, 0.2) is 0 Å². The monoisotopic (exact) mass is 265 g/mol. The van der Waals surface area contributed by atoms with Gasteiger partial charge < -0.3 is 5.73 Å². The highest BCUT2D eigenvalue weighted by Crippen LogP contribution is 2.41. The molecule has 3 unspecified atom stereocenters. The average molecular weight is 265 g/mol. The van der Waals surface area contributed by atoms with Gasteiger partial charge in [0.05, 0.1) is 0 Å². The maximum Gasteiger partial charge on any atom is 0.0476 e. The second-order valence-electron chi connectivity index (χ2n) is 7.28. The van der Waals surface area contributed by atoms with Gasteiger partial charge >= 0.3 is 0 Å². The Morgan fingerprint density at radius 1 is 1.05 bits per heavy atom. The lowest BCUT2D eigenvalue weighted by Crippen LogP contribution is -2.58. The summed E-state index contributed by atoms with van der Waals surface area (Å²) in [6, 6.07) is 2.33. The highest BCUT2D eigenvalue weighted by atomic mass is 15.3. The summed E-state index contributed by atoms with van der Waals surface area (Å²) < 4.78 is 0. The van der Waals surface area contributed by atoms with Crippen molar-refractivity contribution in [2.24, 2.45) is 5.73 Å². The van der Waals surface area contributed by atoms with Gasteiger partial charge in [-0.1, -0.05) is 12.8 Å². The van der Waals surface area contributed by atoms with Gasteiger partial charge in [0, 0.05) is 36.8 Å². The van der Waals surface area contributed by atoms with Crippen LogP contribution in [0.1, 0.15) is 58.8 Å². The van der Waals surface area contributed by atoms with E-state index in [2.05, 4.69) is 23.6 Å². The molecule has 0 spiro atoms. The highest BCUT2D eigenvalue weighted by molar-refractivity contribution is 5.07. The third-order valence-corrected chi connectivity index (χ3v) is 5.78. The fraction of sp³-hybridized carbons (Fsp3) is 1.00. The Bertz CT molecular complexity index is 315. The molecule has 0 amide bonds. The van der Waals surface area contributed by atoms with Gasteiger partial charge in [0.1, 0.15) is 0 Å². The van der Waals surface area contributed by atoms with Crippen molar-refractivity contribution in [2.45, 2.75) is 82.5 Å². The van der Waals surface area contributed by atoms with E-state index in [-0.39, 0.29) is 5.54 Å². The third kappa shape index (κ3) is 2.57. The fourth-order valence-electron chi connectivity index (χ4n) is 4.58. The van der Waals surface area contributed by atoms with E-state index in [1.807, 2.05) is 0 Å². The van der Waals surface area contributed by atoms with Gasteiger partial charge in [0.25, 0.3) is 0 Å². The predicted molar refractivity (Wildman–Crippen MR) is 80.2 cm³/mol. The number of likely N-dealkylation sites (tertiary alicyclic amines) is 2. The maximum atomic E-state index is 6.29. The van der Waals surface area contributed by atoms with Crippen LogP contribution in [0.2, 0.25) is 0 Å². The van der Waals surface area contributed by atoms with Crippen molar-refractivity contribution in [2.75, 3.05) is 19.6 Å². The predicted octanol–water partition coefficient (Wildman–Crippen LogP) is 2.20.